The van der Waals surface area contributed by atoms with Gasteiger partial charge in [0.05, 0.1) is 6.04 Å². The van der Waals surface area contributed by atoms with E-state index in [1.165, 1.54) is 0 Å². The molecule has 1 aromatic rings. The molecule has 0 spiro atoms. The molecule has 1 aromatic carbocycles. The van der Waals surface area contributed by atoms with Crippen LogP contribution < -0.4 is 38.9 Å². The SMILES string of the molecule is NC(=O)CCC(NC(=O)C(CCCN=C(N)N)NC(=O)C(N)Cc1ccccc1)C(=O)NC(CS)C(=O)O. The van der Waals surface area contributed by atoms with Crippen LogP contribution in [0.1, 0.15) is 31.2 Å². The second-order valence-corrected chi connectivity index (χ2v) is 8.82. The van der Waals surface area contributed by atoms with Gasteiger partial charge in [0, 0.05) is 18.7 Å². The molecule has 38 heavy (non-hydrogen) atoms. The summed E-state index contributed by atoms with van der Waals surface area (Å²) in [7, 11) is 0. The van der Waals surface area contributed by atoms with Gasteiger partial charge in [-0.15, -0.1) is 0 Å². The number of carboxylic acid groups (broad SMARTS) is 1. The summed E-state index contributed by atoms with van der Waals surface area (Å²) in [6, 6.07) is 4.31. The number of hydrogen-bond donors (Lipinski definition) is 9. The van der Waals surface area contributed by atoms with Crippen molar-refractivity contribution in [2.75, 3.05) is 12.3 Å². The average molecular weight is 553 g/mol. The Labute approximate surface area is 225 Å². The standard InChI is InChI=1S/C23H36N8O6S/c24-14(11-13-5-2-1-3-6-13)19(33)29-15(7-4-10-28-23(26)27)20(34)30-16(8-9-18(25)32)21(35)31-17(12-38)22(36)37/h1-3,5-6,14-17,38H,4,7-12,24H2,(H2,25,32)(H,29,33)(H,30,34)(H,31,35)(H,36,37)(H4,26,27,28). The van der Waals surface area contributed by atoms with Crippen molar-refractivity contribution in [3.05, 3.63) is 35.9 Å². The Morgan fingerprint density at radius 2 is 1.42 bits per heavy atom. The van der Waals surface area contributed by atoms with Crippen molar-refractivity contribution in [2.24, 2.45) is 27.9 Å². The number of amides is 4. The molecule has 4 atom stereocenters. The molecule has 0 saturated carbocycles. The summed E-state index contributed by atoms with van der Waals surface area (Å²) in [5, 5.41) is 16.5. The lowest BCUT2D eigenvalue weighted by Gasteiger charge is -2.25. The molecule has 14 nitrogen and oxygen atoms in total. The molecule has 0 aliphatic carbocycles. The zero-order chi connectivity index (χ0) is 28.7. The first-order valence-electron chi connectivity index (χ1n) is 11.8. The third kappa shape index (κ3) is 12.4. The summed E-state index contributed by atoms with van der Waals surface area (Å²) in [6.07, 6.45) is 0.140. The fourth-order valence-corrected chi connectivity index (χ4v) is 3.54. The van der Waals surface area contributed by atoms with Gasteiger partial charge in [0.15, 0.2) is 5.96 Å². The number of carbonyl (C=O) groups is 5. The first-order valence-corrected chi connectivity index (χ1v) is 12.5. The molecule has 1 rings (SSSR count). The molecule has 0 fully saturated rings. The number of aliphatic carboxylic acids is 1. The Kier molecular flexibility index (Phi) is 14.2. The summed E-state index contributed by atoms with van der Waals surface area (Å²) >= 11 is 3.89. The van der Waals surface area contributed by atoms with E-state index >= 15 is 0 Å². The molecule has 0 aliphatic rings. The number of nitrogens with two attached hydrogens (primary N) is 4. The molecular formula is C23H36N8O6S. The van der Waals surface area contributed by atoms with Crippen molar-refractivity contribution in [2.45, 2.75) is 56.3 Å². The zero-order valence-corrected chi connectivity index (χ0v) is 21.7. The Morgan fingerprint density at radius 1 is 0.868 bits per heavy atom. The molecule has 0 bridgehead atoms. The minimum Gasteiger partial charge on any atom is -0.480 e. The summed E-state index contributed by atoms with van der Waals surface area (Å²) in [5.41, 5.74) is 22.7. The van der Waals surface area contributed by atoms with Crippen LogP contribution in [-0.2, 0) is 30.4 Å². The predicted molar refractivity (Wildman–Crippen MR) is 144 cm³/mol. The molecule has 12 N–H and O–H groups in total. The number of nitrogens with one attached hydrogen (secondary N) is 3. The van der Waals surface area contributed by atoms with Crippen molar-refractivity contribution in [1.82, 2.24) is 16.0 Å². The molecule has 210 valence electrons. The molecule has 0 heterocycles. The van der Waals surface area contributed by atoms with Gasteiger partial charge in [-0.2, -0.15) is 12.6 Å². The molecule has 4 amide bonds. The number of carboxylic acids is 1. The molecule has 15 heteroatoms. The molecule has 4 unspecified atom stereocenters. The van der Waals surface area contributed by atoms with Gasteiger partial charge < -0.3 is 44.0 Å². The van der Waals surface area contributed by atoms with Crippen LogP contribution in [0.15, 0.2) is 35.3 Å². The minimum absolute atomic E-state index is 0.0883. The normalized spacial score (nSPS) is 13.7. The van der Waals surface area contributed by atoms with Gasteiger partial charge in [-0.05, 0) is 31.2 Å². The van der Waals surface area contributed by atoms with Crippen LogP contribution in [0.2, 0.25) is 0 Å². The van der Waals surface area contributed by atoms with E-state index in [9.17, 15) is 29.1 Å². The highest BCUT2D eigenvalue weighted by Gasteiger charge is 2.30. The van der Waals surface area contributed by atoms with E-state index in [1.54, 1.807) is 12.1 Å². The molecule has 0 aliphatic heterocycles. The van der Waals surface area contributed by atoms with Crippen LogP contribution in [0.25, 0.3) is 0 Å². The second kappa shape index (κ2) is 16.8. The molecular weight excluding hydrogens is 516 g/mol. The zero-order valence-electron chi connectivity index (χ0n) is 20.8. The van der Waals surface area contributed by atoms with Crippen LogP contribution in [0.5, 0.6) is 0 Å². The van der Waals surface area contributed by atoms with E-state index in [2.05, 4.69) is 33.6 Å². The number of carbonyl (C=O) groups excluding carboxylic acids is 4. The quantitative estimate of drug-likeness (QED) is 0.0422. The highest BCUT2D eigenvalue weighted by molar-refractivity contribution is 7.80. The fourth-order valence-electron chi connectivity index (χ4n) is 3.30. The maximum Gasteiger partial charge on any atom is 0.327 e. The third-order valence-corrected chi connectivity index (χ3v) is 5.69. The summed E-state index contributed by atoms with van der Waals surface area (Å²) < 4.78 is 0. The van der Waals surface area contributed by atoms with Crippen molar-refractivity contribution in [1.29, 1.82) is 0 Å². The van der Waals surface area contributed by atoms with E-state index in [0.29, 0.717) is 6.42 Å². The number of guanidine groups is 1. The van der Waals surface area contributed by atoms with Gasteiger partial charge in [0.2, 0.25) is 23.6 Å². The summed E-state index contributed by atoms with van der Waals surface area (Å²) in [6.45, 7) is 0.172. The first-order chi connectivity index (χ1) is 17.9. The topological polar surface area (TPSA) is 258 Å². The Bertz CT molecular complexity index is 989. The fraction of sp³-hybridized carbons (Fsp3) is 0.478. The van der Waals surface area contributed by atoms with Crippen LogP contribution in [-0.4, -0.2) is 77.1 Å². The number of aliphatic imine (C=N–C) groups is 1. The second-order valence-electron chi connectivity index (χ2n) is 8.45. The van der Waals surface area contributed by atoms with Gasteiger partial charge in [0.25, 0.3) is 0 Å². The van der Waals surface area contributed by atoms with Crippen LogP contribution in [0, 0.1) is 0 Å². The molecule has 0 aromatic heterocycles. The van der Waals surface area contributed by atoms with Crippen LogP contribution in [0.3, 0.4) is 0 Å². The summed E-state index contributed by atoms with van der Waals surface area (Å²) in [5.74, 6) is -4.61. The number of hydrogen-bond acceptors (Lipinski definition) is 8. The van der Waals surface area contributed by atoms with E-state index in [1.807, 2.05) is 18.2 Å². The van der Waals surface area contributed by atoms with Gasteiger partial charge in [-0.1, -0.05) is 30.3 Å². The maximum atomic E-state index is 13.2. The minimum atomic E-state index is -1.33. The maximum absolute atomic E-state index is 13.2. The number of rotatable bonds is 17. The lowest BCUT2D eigenvalue weighted by atomic mass is 10.0. The molecule has 0 saturated heterocycles. The van der Waals surface area contributed by atoms with E-state index < -0.39 is 53.8 Å². The Balaban J connectivity index is 3.02. The van der Waals surface area contributed by atoms with Crippen LogP contribution >= 0.6 is 12.6 Å². The predicted octanol–water partition coefficient (Wildman–Crippen LogP) is -2.66. The number of benzene rings is 1. The first kappa shape index (κ1) is 32.2. The van der Waals surface area contributed by atoms with E-state index in [0.717, 1.165) is 5.56 Å². The van der Waals surface area contributed by atoms with Crippen molar-refractivity contribution >= 4 is 48.2 Å². The average Bonchev–Trinajstić information content (AvgIpc) is 2.86. The summed E-state index contributed by atoms with van der Waals surface area (Å²) in [4.78, 5) is 65.1. The Morgan fingerprint density at radius 3 is 1.95 bits per heavy atom. The van der Waals surface area contributed by atoms with Gasteiger partial charge in [-0.25, -0.2) is 4.79 Å². The number of thiol groups is 1. The monoisotopic (exact) mass is 552 g/mol. The lowest BCUT2D eigenvalue weighted by Crippen LogP contribution is -2.57. The highest BCUT2D eigenvalue weighted by atomic mass is 32.1. The van der Waals surface area contributed by atoms with Gasteiger partial charge in [0.1, 0.15) is 18.1 Å². The van der Waals surface area contributed by atoms with E-state index in [-0.39, 0.29) is 43.9 Å². The van der Waals surface area contributed by atoms with Crippen molar-refractivity contribution in [3.8, 4) is 0 Å². The Hall–Kier alpha value is -3.85. The largest absolute Gasteiger partial charge is 0.480 e. The lowest BCUT2D eigenvalue weighted by molar-refractivity contribution is -0.141. The number of primary amides is 1. The van der Waals surface area contributed by atoms with Crippen molar-refractivity contribution in [3.63, 3.8) is 0 Å². The van der Waals surface area contributed by atoms with Gasteiger partial charge in [-0.3, -0.25) is 24.2 Å². The van der Waals surface area contributed by atoms with Gasteiger partial charge >= 0.3 is 5.97 Å². The van der Waals surface area contributed by atoms with Crippen LogP contribution in [0.4, 0.5) is 0 Å². The highest BCUT2D eigenvalue weighted by Crippen LogP contribution is 2.06. The molecule has 0 radical (unpaired) electrons. The number of nitrogens with zero attached hydrogens (tertiary/aromatic N) is 1. The third-order valence-electron chi connectivity index (χ3n) is 5.32. The smallest absolute Gasteiger partial charge is 0.327 e. The van der Waals surface area contributed by atoms with Crippen molar-refractivity contribution < 1.29 is 29.1 Å². The van der Waals surface area contributed by atoms with E-state index in [4.69, 9.17) is 22.9 Å².